The number of anilines is 2. The third kappa shape index (κ3) is 1.97. The third-order valence-corrected chi connectivity index (χ3v) is 6.18. The van der Waals surface area contributed by atoms with Crippen LogP contribution in [0, 0.1) is 17.8 Å². The molecule has 4 heteroatoms. The van der Waals surface area contributed by atoms with Gasteiger partial charge in [-0.05, 0) is 43.6 Å². The molecule has 0 aromatic carbocycles. The average Bonchev–Trinajstić information content (AvgIpc) is 2.83. The SMILES string of the molecule is Nc1cc(N2CC3CCCC3C2)sc1C(=O)C1CC1. The zero-order chi connectivity index (χ0) is 13.0. The van der Waals surface area contributed by atoms with Gasteiger partial charge in [0.1, 0.15) is 0 Å². The maximum atomic E-state index is 12.2. The van der Waals surface area contributed by atoms with Crippen LogP contribution in [0.1, 0.15) is 41.8 Å². The number of nitrogens with two attached hydrogens (primary N) is 1. The molecule has 0 spiro atoms. The monoisotopic (exact) mass is 276 g/mol. The number of thiophene rings is 1. The third-order valence-electron chi connectivity index (χ3n) is 4.96. The van der Waals surface area contributed by atoms with E-state index in [0.717, 1.165) is 29.6 Å². The topological polar surface area (TPSA) is 46.3 Å². The first kappa shape index (κ1) is 11.8. The number of Topliss-reactive ketones (excluding diaryl/α,β-unsaturated/α-hetero) is 1. The van der Waals surface area contributed by atoms with E-state index in [1.807, 2.05) is 6.07 Å². The lowest BCUT2D eigenvalue weighted by molar-refractivity contribution is 0.0972. The molecular formula is C15H20N2OS. The lowest BCUT2D eigenvalue weighted by Crippen LogP contribution is -2.19. The zero-order valence-electron chi connectivity index (χ0n) is 11.1. The molecule has 1 aromatic rings. The smallest absolute Gasteiger partial charge is 0.178 e. The molecule has 2 atom stereocenters. The number of rotatable bonds is 3. The lowest BCUT2D eigenvalue weighted by Gasteiger charge is -2.16. The minimum absolute atomic E-state index is 0.270. The van der Waals surface area contributed by atoms with Gasteiger partial charge in [-0.1, -0.05) is 6.42 Å². The summed E-state index contributed by atoms with van der Waals surface area (Å²) < 4.78 is 0. The Hall–Kier alpha value is -1.03. The van der Waals surface area contributed by atoms with Gasteiger partial charge in [0, 0.05) is 19.0 Å². The average molecular weight is 276 g/mol. The predicted octanol–water partition coefficient (Wildman–Crippen LogP) is 3.16. The van der Waals surface area contributed by atoms with Crippen LogP contribution in [-0.2, 0) is 0 Å². The van der Waals surface area contributed by atoms with Gasteiger partial charge < -0.3 is 10.6 Å². The second-order valence-corrected chi connectivity index (χ2v) is 7.39. The Bertz CT molecular complexity index is 508. The molecule has 3 aliphatic rings. The Morgan fingerprint density at radius 3 is 2.53 bits per heavy atom. The molecular weight excluding hydrogens is 256 g/mol. The van der Waals surface area contributed by atoms with Crippen LogP contribution in [0.2, 0.25) is 0 Å². The fourth-order valence-corrected chi connectivity index (χ4v) is 4.80. The van der Waals surface area contributed by atoms with Crippen molar-refractivity contribution in [2.75, 3.05) is 23.7 Å². The maximum absolute atomic E-state index is 12.2. The normalized spacial score (nSPS) is 29.8. The standard InChI is InChI=1S/C15H20N2OS/c16-12-6-13(19-15(12)14(18)9-4-5-9)17-7-10-2-1-3-11(10)8-17/h6,9-11H,1-5,7-8,16H2. The molecule has 1 aliphatic heterocycles. The summed E-state index contributed by atoms with van der Waals surface area (Å²) in [6.07, 6.45) is 6.28. The Morgan fingerprint density at radius 2 is 1.89 bits per heavy atom. The quantitative estimate of drug-likeness (QED) is 0.863. The van der Waals surface area contributed by atoms with Crippen LogP contribution >= 0.6 is 11.3 Å². The second-order valence-electron chi connectivity index (χ2n) is 6.36. The summed E-state index contributed by atoms with van der Waals surface area (Å²) in [6, 6.07) is 2.03. The van der Waals surface area contributed by atoms with E-state index in [1.165, 1.54) is 37.4 Å². The van der Waals surface area contributed by atoms with E-state index in [9.17, 15) is 4.79 Å². The minimum atomic E-state index is 0.270. The van der Waals surface area contributed by atoms with Crippen molar-refractivity contribution < 1.29 is 4.79 Å². The number of ketones is 1. The predicted molar refractivity (Wildman–Crippen MR) is 78.8 cm³/mol. The van der Waals surface area contributed by atoms with Crippen LogP contribution < -0.4 is 10.6 Å². The molecule has 3 nitrogen and oxygen atoms in total. The summed E-state index contributed by atoms with van der Waals surface area (Å²) in [5, 5.41) is 1.22. The number of carbonyl (C=O) groups is 1. The van der Waals surface area contributed by atoms with E-state index in [1.54, 1.807) is 11.3 Å². The Balaban J connectivity index is 1.55. The molecule has 0 amide bonds. The molecule has 102 valence electrons. The summed E-state index contributed by atoms with van der Waals surface area (Å²) in [7, 11) is 0. The molecule has 1 aromatic heterocycles. The highest BCUT2D eigenvalue weighted by Crippen LogP contribution is 2.44. The zero-order valence-corrected chi connectivity index (χ0v) is 11.9. The van der Waals surface area contributed by atoms with Crippen LogP contribution in [0.25, 0.3) is 0 Å². The van der Waals surface area contributed by atoms with Crippen molar-refractivity contribution in [2.24, 2.45) is 17.8 Å². The summed E-state index contributed by atoms with van der Waals surface area (Å²) >= 11 is 1.62. The Labute approximate surface area is 117 Å². The van der Waals surface area contributed by atoms with E-state index in [-0.39, 0.29) is 11.7 Å². The molecule has 4 rings (SSSR count). The van der Waals surface area contributed by atoms with Crippen molar-refractivity contribution in [3.8, 4) is 0 Å². The van der Waals surface area contributed by atoms with Crippen LogP contribution in [-0.4, -0.2) is 18.9 Å². The van der Waals surface area contributed by atoms with Crippen molar-refractivity contribution in [1.29, 1.82) is 0 Å². The number of carbonyl (C=O) groups excluding carboxylic acids is 1. The van der Waals surface area contributed by atoms with Crippen molar-refractivity contribution in [1.82, 2.24) is 0 Å². The van der Waals surface area contributed by atoms with Gasteiger partial charge in [0.15, 0.2) is 5.78 Å². The summed E-state index contributed by atoms with van der Waals surface area (Å²) in [4.78, 5) is 15.4. The largest absolute Gasteiger partial charge is 0.397 e. The fraction of sp³-hybridized carbons (Fsp3) is 0.667. The first-order valence-electron chi connectivity index (χ1n) is 7.41. The maximum Gasteiger partial charge on any atom is 0.178 e. The van der Waals surface area contributed by atoms with Gasteiger partial charge in [0.2, 0.25) is 0 Å². The van der Waals surface area contributed by atoms with Crippen molar-refractivity contribution in [3.05, 3.63) is 10.9 Å². The van der Waals surface area contributed by atoms with Gasteiger partial charge in [-0.2, -0.15) is 0 Å². The van der Waals surface area contributed by atoms with Crippen LogP contribution in [0.4, 0.5) is 10.7 Å². The molecule has 2 saturated carbocycles. The Kier molecular flexibility index (Phi) is 2.62. The molecule has 1 saturated heterocycles. The van der Waals surface area contributed by atoms with Crippen LogP contribution in [0.15, 0.2) is 6.07 Å². The lowest BCUT2D eigenvalue weighted by atomic mass is 10.0. The highest BCUT2D eigenvalue weighted by atomic mass is 32.1. The second kappa shape index (κ2) is 4.23. The summed E-state index contributed by atoms with van der Waals surface area (Å²) in [5.41, 5.74) is 6.76. The molecule has 2 aliphatic carbocycles. The van der Waals surface area contributed by atoms with Gasteiger partial charge in [-0.25, -0.2) is 0 Å². The number of fused-ring (bicyclic) bond motifs is 1. The molecule has 0 bridgehead atoms. The van der Waals surface area contributed by atoms with E-state index >= 15 is 0 Å². The van der Waals surface area contributed by atoms with Crippen molar-refractivity contribution >= 4 is 27.8 Å². The van der Waals surface area contributed by atoms with Gasteiger partial charge >= 0.3 is 0 Å². The number of hydrogen-bond acceptors (Lipinski definition) is 4. The fourth-order valence-electron chi connectivity index (χ4n) is 3.69. The Morgan fingerprint density at radius 1 is 1.21 bits per heavy atom. The van der Waals surface area contributed by atoms with E-state index in [4.69, 9.17) is 5.73 Å². The number of nitrogen functional groups attached to an aromatic ring is 1. The van der Waals surface area contributed by atoms with Crippen molar-refractivity contribution in [3.63, 3.8) is 0 Å². The van der Waals surface area contributed by atoms with E-state index < -0.39 is 0 Å². The van der Waals surface area contributed by atoms with Crippen molar-refractivity contribution in [2.45, 2.75) is 32.1 Å². The first-order chi connectivity index (χ1) is 9.22. The van der Waals surface area contributed by atoms with Gasteiger partial charge in [-0.15, -0.1) is 11.3 Å². The van der Waals surface area contributed by atoms with Gasteiger partial charge in [0.25, 0.3) is 0 Å². The molecule has 3 fully saturated rings. The van der Waals surface area contributed by atoms with E-state index in [0.29, 0.717) is 5.69 Å². The highest BCUT2D eigenvalue weighted by molar-refractivity contribution is 7.18. The minimum Gasteiger partial charge on any atom is -0.397 e. The van der Waals surface area contributed by atoms with Crippen LogP contribution in [0.5, 0.6) is 0 Å². The molecule has 2 unspecified atom stereocenters. The molecule has 2 heterocycles. The number of nitrogens with zero attached hydrogens (tertiary/aromatic N) is 1. The van der Waals surface area contributed by atoms with Crippen LogP contribution in [0.3, 0.4) is 0 Å². The summed E-state index contributed by atoms with van der Waals surface area (Å²) in [5.74, 6) is 2.32. The molecule has 2 N–H and O–H groups in total. The molecule has 19 heavy (non-hydrogen) atoms. The van der Waals surface area contributed by atoms with Gasteiger partial charge in [-0.3, -0.25) is 4.79 Å². The van der Waals surface area contributed by atoms with E-state index in [2.05, 4.69) is 4.90 Å². The first-order valence-corrected chi connectivity index (χ1v) is 8.22. The molecule has 0 radical (unpaired) electrons. The van der Waals surface area contributed by atoms with Gasteiger partial charge in [0.05, 0.1) is 15.6 Å². The number of hydrogen-bond donors (Lipinski definition) is 1. The summed E-state index contributed by atoms with van der Waals surface area (Å²) in [6.45, 7) is 2.34. The highest BCUT2D eigenvalue weighted by Gasteiger charge is 2.38.